The second-order valence-corrected chi connectivity index (χ2v) is 16.7. The van der Waals surface area contributed by atoms with E-state index in [0.717, 1.165) is 107 Å². The summed E-state index contributed by atoms with van der Waals surface area (Å²) in [5.74, 6) is 0.447. The molecular weight excluding hydrogens is 624 g/mol. The molecule has 3 saturated heterocycles. The van der Waals surface area contributed by atoms with Crippen molar-refractivity contribution in [1.82, 2.24) is 15.1 Å². The van der Waals surface area contributed by atoms with E-state index in [0.29, 0.717) is 5.92 Å². The number of hydrogen-bond donors (Lipinski definition) is 1. The van der Waals surface area contributed by atoms with Crippen LogP contribution in [0.4, 0.5) is 14.9 Å². The van der Waals surface area contributed by atoms with Crippen LogP contribution in [0.1, 0.15) is 69.4 Å². The van der Waals surface area contributed by atoms with E-state index in [4.69, 9.17) is 9.47 Å². The number of benzene rings is 2. The number of carbonyl (C=O) groups is 1. The number of likely N-dealkylation sites (tertiary alicyclic amines) is 2. The summed E-state index contributed by atoms with van der Waals surface area (Å²) in [6.07, 6.45) is 8.68. The van der Waals surface area contributed by atoms with Crippen molar-refractivity contribution in [1.29, 1.82) is 0 Å². The third-order valence-corrected chi connectivity index (χ3v) is 13.3. The zero-order valence-corrected chi connectivity index (χ0v) is 30.0. The number of alkyl carbamates (subject to hydrolysis) is 1. The zero-order valence-electron chi connectivity index (χ0n) is 29.2. The monoisotopic (exact) mass is 678 g/mol. The molecule has 2 aromatic carbocycles. The van der Waals surface area contributed by atoms with Gasteiger partial charge in [0.05, 0.1) is 20.2 Å². The largest absolute Gasteiger partial charge is 0.453 e. The minimum atomic E-state index is -0.362. The third kappa shape index (κ3) is 7.26. The fraction of sp³-hybridized carbons (Fsp3) is 0.667. The lowest BCUT2D eigenvalue weighted by Gasteiger charge is -2.55. The van der Waals surface area contributed by atoms with Gasteiger partial charge in [-0.3, -0.25) is 0 Å². The molecule has 7 rings (SSSR count). The highest BCUT2D eigenvalue weighted by atomic mass is 32.2. The number of rotatable bonds is 13. The number of piperidine rings is 1. The molecule has 48 heavy (non-hydrogen) atoms. The molecule has 5 fully saturated rings. The first-order chi connectivity index (χ1) is 23.3. The van der Waals surface area contributed by atoms with E-state index in [1.807, 2.05) is 24.8 Å². The Balaban J connectivity index is 1.09. The van der Waals surface area contributed by atoms with Gasteiger partial charge in [-0.05, 0) is 144 Å². The molecule has 2 aliphatic carbocycles. The Labute approximate surface area is 291 Å². The van der Waals surface area contributed by atoms with Gasteiger partial charge >= 0.3 is 6.09 Å². The molecule has 3 aliphatic heterocycles. The van der Waals surface area contributed by atoms with E-state index in [2.05, 4.69) is 57.3 Å². The number of ether oxygens (including phenoxy) is 2. The molecule has 1 N–H and O–H groups in total. The highest BCUT2D eigenvalue weighted by molar-refractivity contribution is 8.00. The number of nitrogens with zero attached hydrogens (tertiary/aromatic N) is 3. The molecule has 0 radical (unpaired) electrons. The molecule has 0 aromatic heterocycles. The van der Waals surface area contributed by atoms with Crippen molar-refractivity contribution >= 4 is 23.5 Å². The molecule has 9 heteroatoms. The van der Waals surface area contributed by atoms with Crippen LogP contribution in [-0.4, -0.2) is 98.9 Å². The summed E-state index contributed by atoms with van der Waals surface area (Å²) < 4.78 is 26.9. The SMILES string of the molecule is CCOC1(CN2CCC(C(CN3CCC3)(c3cc(C)cc(F)c3)C3CCCC3NC(=O)OC)CC2)CN(c2ccc(SC3CC3)cc2)C1. The predicted octanol–water partition coefficient (Wildman–Crippen LogP) is 6.86. The second kappa shape index (κ2) is 14.5. The van der Waals surface area contributed by atoms with Crippen LogP contribution in [0.3, 0.4) is 0 Å². The topological polar surface area (TPSA) is 57.3 Å². The number of carbonyl (C=O) groups excluding carboxylic acids is 1. The Morgan fingerprint density at radius 1 is 0.979 bits per heavy atom. The van der Waals surface area contributed by atoms with E-state index in [9.17, 15) is 4.79 Å². The highest BCUT2D eigenvalue weighted by Crippen LogP contribution is 2.52. The molecule has 3 heterocycles. The molecule has 1 amide bonds. The van der Waals surface area contributed by atoms with Gasteiger partial charge in [0.25, 0.3) is 0 Å². The van der Waals surface area contributed by atoms with Crippen LogP contribution in [0.25, 0.3) is 0 Å². The number of aryl methyl sites for hydroxylation is 1. The van der Waals surface area contributed by atoms with Gasteiger partial charge in [0.1, 0.15) is 11.4 Å². The molecule has 3 atom stereocenters. The number of hydrogen-bond acceptors (Lipinski definition) is 7. The van der Waals surface area contributed by atoms with E-state index in [1.165, 1.54) is 37.0 Å². The minimum Gasteiger partial charge on any atom is -0.453 e. The van der Waals surface area contributed by atoms with E-state index in [-0.39, 0.29) is 34.9 Å². The molecule has 2 aromatic rings. The van der Waals surface area contributed by atoms with Crippen LogP contribution in [0, 0.1) is 24.6 Å². The van der Waals surface area contributed by atoms with E-state index in [1.54, 1.807) is 6.07 Å². The summed E-state index contributed by atoms with van der Waals surface area (Å²) in [5.41, 5.74) is 2.97. The Bertz CT molecular complexity index is 1380. The summed E-state index contributed by atoms with van der Waals surface area (Å²) in [5, 5.41) is 4.05. The Kier molecular flexibility index (Phi) is 10.3. The van der Waals surface area contributed by atoms with Crippen molar-refractivity contribution in [2.45, 2.75) is 92.4 Å². The zero-order chi connectivity index (χ0) is 33.3. The third-order valence-electron chi connectivity index (χ3n) is 11.9. The van der Waals surface area contributed by atoms with Crippen LogP contribution in [0.2, 0.25) is 0 Å². The lowest BCUT2D eigenvalue weighted by molar-refractivity contribution is -0.0856. The molecule has 3 unspecified atom stereocenters. The Hall–Kier alpha value is -2.33. The van der Waals surface area contributed by atoms with Gasteiger partial charge < -0.3 is 29.5 Å². The van der Waals surface area contributed by atoms with Crippen molar-refractivity contribution in [2.24, 2.45) is 11.8 Å². The van der Waals surface area contributed by atoms with Crippen LogP contribution in [-0.2, 0) is 14.9 Å². The average molecular weight is 679 g/mol. The second-order valence-electron chi connectivity index (χ2n) is 15.3. The van der Waals surface area contributed by atoms with Gasteiger partial charge in [-0.1, -0.05) is 12.5 Å². The molecular formula is C39H55FN4O3S. The van der Waals surface area contributed by atoms with Crippen LogP contribution in [0.15, 0.2) is 47.4 Å². The first-order valence-corrected chi connectivity index (χ1v) is 19.4. The van der Waals surface area contributed by atoms with Gasteiger partial charge in [0.2, 0.25) is 0 Å². The fourth-order valence-corrected chi connectivity index (χ4v) is 10.5. The number of halogens is 1. The molecule has 0 bridgehead atoms. The van der Waals surface area contributed by atoms with Crippen LogP contribution < -0.4 is 10.2 Å². The van der Waals surface area contributed by atoms with Crippen LogP contribution in [0.5, 0.6) is 0 Å². The van der Waals surface area contributed by atoms with Crippen LogP contribution >= 0.6 is 11.8 Å². The number of methoxy groups -OCH3 is 1. The Morgan fingerprint density at radius 2 is 1.73 bits per heavy atom. The fourth-order valence-electron chi connectivity index (χ4n) is 9.47. The molecule has 5 aliphatic rings. The first kappa shape index (κ1) is 34.1. The minimum absolute atomic E-state index is 0.0175. The van der Waals surface area contributed by atoms with Crippen molar-refractivity contribution in [3.63, 3.8) is 0 Å². The van der Waals surface area contributed by atoms with Crippen molar-refractivity contribution in [3.05, 3.63) is 59.4 Å². The maximum atomic E-state index is 15.3. The predicted molar refractivity (Wildman–Crippen MR) is 192 cm³/mol. The van der Waals surface area contributed by atoms with E-state index < -0.39 is 0 Å². The maximum Gasteiger partial charge on any atom is 0.407 e. The average Bonchev–Trinajstić information content (AvgIpc) is 3.74. The summed E-state index contributed by atoms with van der Waals surface area (Å²) in [4.78, 5) is 21.6. The highest BCUT2D eigenvalue weighted by Gasteiger charge is 2.54. The summed E-state index contributed by atoms with van der Waals surface area (Å²) in [7, 11) is 1.44. The molecule has 2 saturated carbocycles. The van der Waals surface area contributed by atoms with Crippen molar-refractivity contribution in [2.75, 3.05) is 71.0 Å². The van der Waals surface area contributed by atoms with Crippen molar-refractivity contribution < 1.29 is 18.7 Å². The first-order valence-electron chi connectivity index (χ1n) is 18.5. The molecule has 7 nitrogen and oxygen atoms in total. The van der Waals surface area contributed by atoms with Gasteiger partial charge in [-0.15, -0.1) is 11.8 Å². The van der Waals surface area contributed by atoms with Crippen molar-refractivity contribution in [3.8, 4) is 0 Å². The Morgan fingerprint density at radius 3 is 2.35 bits per heavy atom. The number of amides is 1. The summed E-state index contributed by atoms with van der Waals surface area (Å²) in [6, 6.07) is 14.9. The molecule has 262 valence electrons. The number of anilines is 1. The standard InChI is InChI=1S/C39H55FN4O3S/c1-4-47-38(25-44(26-38)32-9-11-33(12-10-32)48-34-13-14-34)24-43-19-15-29(16-20-43)39(27-42-17-6-18-42,30-21-28(2)22-31(40)23-30)35-7-5-8-36(35)41-37(45)46-3/h9-12,21-23,29,34-36H,4-8,13-20,24-27H2,1-3H3,(H,41,45). The lowest BCUT2D eigenvalue weighted by atomic mass is 9.57. The smallest absolute Gasteiger partial charge is 0.407 e. The number of nitrogens with one attached hydrogen (secondary N) is 1. The quantitative estimate of drug-likeness (QED) is 0.248. The van der Waals surface area contributed by atoms with Gasteiger partial charge in [-0.25, -0.2) is 9.18 Å². The maximum absolute atomic E-state index is 15.3. The summed E-state index contributed by atoms with van der Waals surface area (Å²) >= 11 is 2.01. The molecule has 0 spiro atoms. The lowest BCUT2D eigenvalue weighted by Crippen LogP contribution is -2.68. The van der Waals surface area contributed by atoms with Gasteiger partial charge in [-0.2, -0.15) is 0 Å². The normalized spacial score (nSPS) is 26.0. The van der Waals surface area contributed by atoms with Gasteiger partial charge in [0.15, 0.2) is 0 Å². The van der Waals surface area contributed by atoms with E-state index >= 15 is 4.39 Å². The number of thioether (sulfide) groups is 1. The van der Waals surface area contributed by atoms with Gasteiger partial charge in [0, 0.05) is 47.0 Å². The summed E-state index contributed by atoms with van der Waals surface area (Å²) in [6.45, 7) is 12.7.